The van der Waals surface area contributed by atoms with E-state index in [1.54, 1.807) is 6.08 Å². The molecule has 9 heteroatoms. The van der Waals surface area contributed by atoms with Crippen LogP contribution in [0.1, 0.15) is 31.2 Å². The van der Waals surface area contributed by atoms with Gasteiger partial charge in [0, 0.05) is 23.1 Å². The monoisotopic (exact) mass is 531 g/mol. The van der Waals surface area contributed by atoms with Crippen LogP contribution < -0.4 is 10.1 Å². The van der Waals surface area contributed by atoms with E-state index in [4.69, 9.17) is 4.74 Å². The number of amides is 1. The Morgan fingerprint density at radius 1 is 1.14 bits per heavy atom. The van der Waals surface area contributed by atoms with Crippen molar-refractivity contribution < 1.29 is 9.53 Å². The first-order valence-electron chi connectivity index (χ1n) is 12.4. The summed E-state index contributed by atoms with van der Waals surface area (Å²) in [4.78, 5) is 17.2. The van der Waals surface area contributed by atoms with Crippen molar-refractivity contribution in [3.05, 3.63) is 72.1 Å². The second kappa shape index (κ2) is 11.7. The number of nitrogens with one attached hydrogen (secondary N) is 1. The molecule has 37 heavy (non-hydrogen) atoms. The Bertz CT molecular complexity index is 1360. The average Bonchev–Trinajstić information content (AvgIpc) is 3.66. The summed E-state index contributed by atoms with van der Waals surface area (Å²) < 4.78 is 8.05. The number of ether oxygens (including phenoxy) is 1. The predicted molar refractivity (Wildman–Crippen MR) is 150 cm³/mol. The van der Waals surface area contributed by atoms with Gasteiger partial charge in [-0.25, -0.2) is 4.98 Å². The molecule has 1 amide bonds. The summed E-state index contributed by atoms with van der Waals surface area (Å²) in [7, 11) is 0. The Morgan fingerprint density at radius 3 is 2.59 bits per heavy atom. The van der Waals surface area contributed by atoms with Crippen molar-refractivity contribution in [2.24, 2.45) is 0 Å². The molecule has 2 heterocycles. The molecule has 2 aromatic heterocycles. The minimum absolute atomic E-state index is 0.141. The maximum atomic E-state index is 12.6. The van der Waals surface area contributed by atoms with Crippen molar-refractivity contribution in [3.63, 3.8) is 0 Å². The van der Waals surface area contributed by atoms with Crippen LogP contribution in [0, 0.1) is 6.92 Å². The number of allylic oxidation sites excluding steroid dienone is 1. The van der Waals surface area contributed by atoms with E-state index in [2.05, 4.69) is 46.1 Å². The molecule has 4 aromatic rings. The second-order valence-electron chi connectivity index (χ2n) is 8.99. The van der Waals surface area contributed by atoms with Crippen LogP contribution in [-0.2, 0) is 11.3 Å². The van der Waals surface area contributed by atoms with Crippen molar-refractivity contribution in [1.82, 2.24) is 19.7 Å². The highest BCUT2D eigenvalue weighted by atomic mass is 32.2. The molecule has 0 atom stereocenters. The van der Waals surface area contributed by atoms with Crippen LogP contribution in [0.25, 0.3) is 22.6 Å². The fourth-order valence-corrected chi connectivity index (χ4v) is 5.74. The molecule has 0 radical (unpaired) electrons. The highest BCUT2D eigenvalue weighted by Gasteiger charge is 2.18. The number of thioether (sulfide) groups is 1. The number of aryl methyl sites for hydroxylation is 1. The third kappa shape index (κ3) is 6.29. The number of hydrogen-bond acceptors (Lipinski definition) is 7. The average molecular weight is 532 g/mol. The lowest BCUT2D eigenvalue weighted by Gasteiger charge is -2.13. The quantitative estimate of drug-likeness (QED) is 0.183. The summed E-state index contributed by atoms with van der Waals surface area (Å²) in [6.07, 6.45) is 6.86. The third-order valence-corrected chi connectivity index (χ3v) is 7.90. The van der Waals surface area contributed by atoms with Crippen LogP contribution in [0.5, 0.6) is 5.75 Å². The number of thiazole rings is 1. The van der Waals surface area contributed by atoms with Gasteiger partial charge in [0.2, 0.25) is 5.91 Å². The van der Waals surface area contributed by atoms with Gasteiger partial charge in [-0.15, -0.1) is 28.1 Å². The predicted octanol–water partition coefficient (Wildman–Crippen LogP) is 6.62. The molecule has 5 rings (SSSR count). The zero-order chi connectivity index (χ0) is 25.6. The van der Waals surface area contributed by atoms with E-state index in [9.17, 15) is 4.79 Å². The molecule has 0 spiro atoms. The van der Waals surface area contributed by atoms with Crippen molar-refractivity contribution in [2.45, 2.75) is 50.4 Å². The zero-order valence-electron chi connectivity index (χ0n) is 20.7. The Labute approximate surface area is 225 Å². The summed E-state index contributed by atoms with van der Waals surface area (Å²) in [5.74, 6) is 1.67. The smallest absolute Gasteiger partial charge is 0.236 e. The van der Waals surface area contributed by atoms with Gasteiger partial charge in [0.15, 0.2) is 16.1 Å². The highest BCUT2D eigenvalue weighted by molar-refractivity contribution is 7.99. The molecule has 0 unspecified atom stereocenters. The molecule has 1 N–H and O–H groups in total. The largest absolute Gasteiger partial charge is 0.490 e. The van der Waals surface area contributed by atoms with Gasteiger partial charge in [0.1, 0.15) is 5.75 Å². The SMILES string of the molecule is C=CCn1c(SCC(=O)Nc2nc(-c3ccc(C)cc3)cs2)nnc1-c1ccc(OC2CCCC2)cc1. The van der Waals surface area contributed by atoms with Crippen LogP contribution in [-0.4, -0.2) is 37.5 Å². The highest BCUT2D eigenvalue weighted by Crippen LogP contribution is 2.29. The molecule has 0 bridgehead atoms. The van der Waals surface area contributed by atoms with Gasteiger partial charge in [-0.3, -0.25) is 9.36 Å². The lowest BCUT2D eigenvalue weighted by molar-refractivity contribution is -0.113. The first kappa shape index (κ1) is 25.2. The van der Waals surface area contributed by atoms with Gasteiger partial charge in [-0.2, -0.15) is 0 Å². The summed E-state index contributed by atoms with van der Waals surface area (Å²) in [5.41, 5.74) is 4.01. The number of carbonyl (C=O) groups excluding carboxylic acids is 1. The molecule has 1 aliphatic rings. The van der Waals surface area contributed by atoms with E-state index in [-0.39, 0.29) is 11.7 Å². The summed E-state index contributed by atoms with van der Waals surface area (Å²) in [6.45, 7) is 6.47. The third-order valence-electron chi connectivity index (χ3n) is 6.18. The Kier molecular flexibility index (Phi) is 8.01. The van der Waals surface area contributed by atoms with Crippen molar-refractivity contribution in [3.8, 4) is 28.4 Å². The Hall–Kier alpha value is -3.43. The number of aromatic nitrogens is 4. The molecule has 190 valence electrons. The van der Waals surface area contributed by atoms with Crippen LogP contribution in [0.15, 0.2) is 71.7 Å². The minimum atomic E-state index is -0.141. The fourth-order valence-electron chi connectivity index (χ4n) is 4.26. The Morgan fingerprint density at radius 2 is 1.86 bits per heavy atom. The summed E-state index contributed by atoms with van der Waals surface area (Å²) in [6, 6.07) is 16.1. The van der Waals surface area contributed by atoms with Gasteiger partial charge >= 0.3 is 0 Å². The Balaban J connectivity index is 1.21. The maximum Gasteiger partial charge on any atom is 0.236 e. The second-order valence-corrected chi connectivity index (χ2v) is 10.8. The van der Waals surface area contributed by atoms with Crippen molar-refractivity contribution in [1.29, 1.82) is 0 Å². The standard InChI is InChI=1S/C28H29N5O2S2/c1-3-16-33-26(21-12-14-23(15-13-21)35-22-6-4-5-7-22)31-32-28(33)37-18-25(34)30-27-29-24(17-36-27)20-10-8-19(2)9-11-20/h3,8-15,17,22H,1,4-7,16,18H2,2H3,(H,29,30,34). The molecule has 2 aromatic carbocycles. The summed E-state index contributed by atoms with van der Waals surface area (Å²) >= 11 is 2.75. The molecule has 0 aliphatic heterocycles. The molecular formula is C28H29N5O2S2. The molecular weight excluding hydrogens is 502 g/mol. The van der Waals surface area contributed by atoms with E-state index < -0.39 is 0 Å². The molecule has 7 nitrogen and oxygen atoms in total. The normalized spacial score (nSPS) is 13.5. The minimum Gasteiger partial charge on any atom is -0.490 e. The number of hydrogen-bond donors (Lipinski definition) is 1. The van der Waals surface area contributed by atoms with Gasteiger partial charge in [-0.05, 0) is 56.9 Å². The van der Waals surface area contributed by atoms with E-state index in [1.165, 1.54) is 41.5 Å². The van der Waals surface area contributed by atoms with Gasteiger partial charge in [0.05, 0.1) is 17.6 Å². The topological polar surface area (TPSA) is 81.9 Å². The number of nitrogens with zero attached hydrogens (tertiary/aromatic N) is 4. The van der Waals surface area contributed by atoms with Gasteiger partial charge in [0.25, 0.3) is 0 Å². The maximum absolute atomic E-state index is 12.6. The zero-order valence-corrected chi connectivity index (χ0v) is 22.4. The van der Waals surface area contributed by atoms with E-state index in [0.29, 0.717) is 22.9 Å². The molecule has 1 saturated carbocycles. The number of rotatable bonds is 10. The first-order chi connectivity index (χ1) is 18.1. The first-order valence-corrected chi connectivity index (χ1v) is 14.2. The van der Waals surface area contributed by atoms with E-state index >= 15 is 0 Å². The summed E-state index contributed by atoms with van der Waals surface area (Å²) in [5, 5.41) is 14.8. The number of carbonyl (C=O) groups is 1. The van der Waals surface area contributed by atoms with E-state index in [1.807, 2.05) is 46.3 Å². The molecule has 0 saturated heterocycles. The number of benzene rings is 2. The van der Waals surface area contributed by atoms with Crippen molar-refractivity contribution in [2.75, 3.05) is 11.1 Å². The van der Waals surface area contributed by atoms with Crippen LogP contribution in [0.4, 0.5) is 5.13 Å². The van der Waals surface area contributed by atoms with Crippen LogP contribution in [0.2, 0.25) is 0 Å². The lowest BCUT2D eigenvalue weighted by Crippen LogP contribution is -2.14. The van der Waals surface area contributed by atoms with Gasteiger partial charge in [-0.1, -0.05) is 47.7 Å². The molecule has 1 fully saturated rings. The van der Waals surface area contributed by atoms with Crippen LogP contribution >= 0.6 is 23.1 Å². The number of anilines is 1. The molecule has 1 aliphatic carbocycles. The lowest BCUT2D eigenvalue weighted by atomic mass is 10.1. The van der Waals surface area contributed by atoms with E-state index in [0.717, 1.165) is 41.2 Å². The van der Waals surface area contributed by atoms with Gasteiger partial charge < -0.3 is 10.1 Å². The van der Waals surface area contributed by atoms with Crippen LogP contribution in [0.3, 0.4) is 0 Å². The fraction of sp³-hybridized carbons (Fsp3) is 0.286. The van der Waals surface area contributed by atoms with Crippen molar-refractivity contribution >= 4 is 34.1 Å².